The molecule has 100 valence electrons. The average Bonchev–Trinajstić information content (AvgIpc) is 2.15. The second-order valence-electron chi connectivity index (χ2n) is 4.53. The van der Waals surface area contributed by atoms with Crippen LogP contribution in [0.25, 0.3) is 0 Å². The first-order valence-corrected chi connectivity index (χ1v) is 6.37. The molecule has 0 aliphatic heterocycles. The minimum Gasteiger partial charge on any atom is -0.344 e. The number of unbranched alkanes of at least 4 members (excludes halogenated alkanes) is 4. The summed E-state index contributed by atoms with van der Waals surface area (Å²) in [6, 6.07) is 0. The van der Waals surface area contributed by atoms with Gasteiger partial charge in [-0.15, -0.1) is 12.4 Å². The van der Waals surface area contributed by atoms with E-state index in [0.717, 1.165) is 5.92 Å². The Bertz CT molecular complexity index is 136. The monoisotopic (exact) mass is 249 g/mol. The van der Waals surface area contributed by atoms with Crippen molar-refractivity contribution in [2.24, 2.45) is 5.92 Å². The van der Waals surface area contributed by atoms with Crippen LogP contribution >= 0.6 is 12.4 Å². The van der Waals surface area contributed by atoms with Gasteiger partial charge in [-0.3, -0.25) is 0 Å². The van der Waals surface area contributed by atoms with Crippen LogP contribution in [0.15, 0.2) is 12.2 Å². The second-order valence-corrected chi connectivity index (χ2v) is 4.53. The minimum atomic E-state index is 0. The van der Waals surface area contributed by atoms with Crippen LogP contribution in [0.5, 0.6) is 0 Å². The molecule has 0 aromatic heterocycles. The van der Waals surface area contributed by atoms with Crippen LogP contribution < -0.4 is 6.15 Å². The molecule has 0 aliphatic rings. The fraction of sp³-hybridized carbons (Fsp3) is 0.857. The number of hydrogen-bond donors (Lipinski definition) is 1. The summed E-state index contributed by atoms with van der Waals surface area (Å²) in [5, 5.41) is 0. The van der Waals surface area contributed by atoms with Crippen LogP contribution in [0, 0.1) is 5.92 Å². The summed E-state index contributed by atoms with van der Waals surface area (Å²) >= 11 is 0. The highest BCUT2D eigenvalue weighted by Crippen LogP contribution is 2.23. The SMILES string of the molecule is C=C(C)C(CCCCC)CCCCC.Cl.N. The number of halogens is 1. The molecule has 0 amide bonds. The molecule has 2 heteroatoms. The Morgan fingerprint density at radius 1 is 0.938 bits per heavy atom. The molecule has 0 bridgehead atoms. The third-order valence-corrected chi connectivity index (χ3v) is 3.01. The fourth-order valence-corrected chi connectivity index (χ4v) is 1.92. The Morgan fingerprint density at radius 3 is 1.56 bits per heavy atom. The number of allylic oxidation sites excluding steroid dienone is 1. The van der Waals surface area contributed by atoms with Crippen LogP contribution in [0.2, 0.25) is 0 Å². The van der Waals surface area contributed by atoms with E-state index in [0.29, 0.717) is 0 Å². The van der Waals surface area contributed by atoms with Gasteiger partial charge in [0.2, 0.25) is 0 Å². The van der Waals surface area contributed by atoms with Gasteiger partial charge < -0.3 is 6.15 Å². The van der Waals surface area contributed by atoms with E-state index < -0.39 is 0 Å². The Labute approximate surface area is 109 Å². The Balaban J connectivity index is -0.000000845. The maximum atomic E-state index is 4.11. The molecule has 0 radical (unpaired) electrons. The third-order valence-electron chi connectivity index (χ3n) is 3.01. The number of rotatable bonds is 9. The van der Waals surface area contributed by atoms with Crippen LogP contribution in [0.4, 0.5) is 0 Å². The summed E-state index contributed by atoms with van der Waals surface area (Å²) in [5.41, 5.74) is 1.40. The highest BCUT2D eigenvalue weighted by molar-refractivity contribution is 5.85. The molecule has 0 aromatic rings. The van der Waals surface area contributed by atoms with Gasteiger partial charge in [-0.05, 0) is 25.7 Å². The lowest BCUT2D eigenvalue weighted by molar-refractivity contribution is 0.463. The normalized spacial score (nSPS) is 9.50. The quantitative estimate of drug-likeness (QED) is 0.399. The summed E-state index contributed by atoms with van der Waals surface area (Å²) < 4.78 is 0. The summed E-state index contributed by atoms with van der Waals surface area (Å²) in [6.07, 6.45) is 10.9. The van der Waals surface area contributed by atoms with E-state index in [-0.39, 0.29) is 18.6 Å². The lowest BCUT2D eigenvalue weighted by atomic mass is 9.90. The number of hydrogen-bond acceptors (Lipinski definition) is 1. The highest BCUT2D eigenvalue weighted by Gasteiger charge is 2.08. The Hall–Kier alpha value is -0.0100. The summed E-state index contributed by atoms with van der Waals surface area (Å²) in [5.74, 6) is 0.799. The van der Waals surface area contributed by atoms with E-state index in [2.05, 4.69) is 27.4 Å². The smallest absolute Gasteiger partial charge is 0.0209 e. The van der Waals surface area contributed by atoms with E-state index in [1.807, 2.05) is 0 Å². The van der Waals surface area contributed by atoms with Crippen molar-refractivity contribution < 1.29 is 0 Å². The van der Waals surface area contributed by atoms with Gasteiger partial charge in [0.15, 0.2) is 0 Å². The molecular weight excluding hydrogens is 218 g/mol. The van der Waals surface area contributed by atoms with Crippen molar-refractivity contribution >= 4 is 12.4 Å². The summed E-state index contributed by atoms with van der Waals surface area (Å²) in [6.45, 7) is 10.9. The fourth-order valence-electron chi connectivity index (χ4n) is 1.92. The maximum absolute atomic E-state index is 4.11. The highest BCUT2D eigenvalue weighted by atomic mass is 35.5. The lowest BCUT2D eigenvalue weighted by Crippen LogP contribution is -2.01. The predicted octanol–water partition coefficient (Wildman–Crippen LogP) is 5.92. The van der Waals surface area contributed by atoms with Crippen molar-refractivity contribution in [2.75, 3.05) is 0 Å². The van der Waals surface area contributed by atoms with Crippen molar-refractivity contribution in [3.05, 3.63) is 12.2 Å². The van der Waals surface area contributed by atoms with Crippen LogP contribution in [-0.2, 0) is 0 Å². The average molecular weight is 250 g/mol. The second kappa shape index (κ2) is 15.0. The van der Waals surface area contributed by atoms with Gasteiger partial charge in [0.25, 0.3) is 0 Å². The topological polar surface area (TPSA) is 35.0 Å². The van der Waals surface area contributed by atoms with Gasteiger partial charge in [-0.2, -0.15) is 0 Å². The molecular formula is C14H32ClN. The largest absolute Gasteiger partial charge is 0.344 e. The zero-order valence-corrected chi connectivity index (χ0v) is 12.4. The van der Waals surface area contributed by atoms with E-state index in [4.69, 9.17) is 0 Å². The minimum absolute atomic E-state index is 0. The maximum Gasteiger partial charge on any atom is -0.0209 e. The zero-order valence-electron chi connectivity index (χ0n) is 11.6. The van der Waals surface area contributed by atoms with Gasteiger partial charge in [-0.25, -0.2) is 0 Å². The molecule has 0 aliphatic carbocycles. The van der Waals surface area contributed by atoms with E-state index in [1.165, 1.54) is 56.9 Å². The molecule has 0 rings (SSSR count). The van der Waals surface area contributed by atoms with Crippen LogP contribution in [0.1, 0.15) is 72.1 Å². The Kier molecular flexibility index (Phi) is 19.9. The molecule has 16 heavy (non-hydrogen) atoms. The molecule has 3 N–H and O–H groups in total. The standard InChI is InChI=1S/C14H28.ClH.H3N/c1-5-7-9-11-14(13(3)4)12-10-8-6-2;;/h14H,3,5-12H2,1-2,4H3;1H;1H3. The summed E-state index contributed by atoms with van der Waals surface area (Å²) in [7, 11) is 0. The van der Waals surface area contributed by atoms with Crippen LogP contribution in [-0.4, -0.2) is 0 Å². The molecule has 0 atom stereocenters. The molecule has 0 spiro atoms. The first-order valence-electron chi connectivity index (χ1n) is 6.37. The Morgan fingerprint density at radius 2 is 1.31 bits per heavy atom. The molecule has 0 saturated carbocycles. The molecule has 0 fully saturated rings. The van der Waals surface area contributed by atoms with Gasteiger partial charge in [0.05, 0.1) is 0 Å². The molecule has 0 heterocycles. The predicted molar refractivity (Wildman–Crippen MR) is 78.9 cm³/mol. The van der Waals surface area contributed by atoms with Crippen LogP contribution in [0.3, 0.4) is 0 Å². The van der Waals surface area contributed by atoms with E-state index >= 15 is 0 Å². The molecule has 1 nitrogen and oxygen atoms in total. The third kappa shape index (κ3) is 12.1. The molecule has 0 saturated heterocycles. The molecule has 0 unspecified atom stereocenters. The van der Waals surface area contributed by atoms with Crippen molar-refractivity contribution in [1.29, 1.82) is 0 Å². The van der Waals surface area contributed by atoms with Gasteiger partial charge in [0, 0.05) is 0 Å². The van der Waals surface area contributed by atoms with E-state index in [1.54, 1.807) is 0 Å². The van der Waals surface area contributed by atoms with Gasteiger partial charge >= 0.3 is 0 Å². The molecule has 0 aromatic carbocycles. The van der Waals surface area contributed by atoms with E-state index in [9.17, 15) is 0 Å². The van der Waals surface area contributed by atoms with Gasteiger partial charge in [-0.1, -0.05) is 64.5 Å². The first-order chi connectivity index (χ1) is 6.72. The van der Waals surface area contributed by atoms with Crippen molar-refractivity contribution in [3.63, 3.8) is 0 Å². The van der Waals surface area contributed by atoms with Crippen molar-refractivity contribution in [2.45, 2.75) is 72.1 Å². The lowest BCUT2D eigenvalue weighted by Gasteiger charge is -2.16. The van der Waals surface area contributed by atoms with Gasteiger partial charge in [0.1, 0.15) is 0 Å². The zero-order chi connectivity index (χ0) is 10.8. The summed E-state index contributed by atoms with van der Waals surface area (Å²) in [4.78, 5) is 0. The van der Waals surface area contributed by atoms with Crippen molar-refractivity contribution in [1.82, 2.24) is 6.15 Å². The van der Waals surface area contributed by atoms with Crippen molar-refractivity contribution in [3.8, 4) is 0 Å². The first kappa shape index (κ1) is 21.3.